The van der Waals surface area contributed by atoms with Gasteiger partial charge in [-0.2, -0.15) is 0 Å². The van der Waals surface area contributed by atoms with Gasteiger partial charge < -0.3 is 28.4 Å². The van der Waals surface area contributed by atoms with Crippen molar-refractivity contribution in [3.8, 4) is 34.5 Å². The van der Waals surface area contributed by atoms with Crippen LogP contribution in [0.15, 0.2) is 111 Å². The maximum absolute atomic E-state index is 6.41. The Labute approximate surface area is 368 Å². The van der Waals surface area contributed by atoms with Gasteiger partial charge in [0.05, 0.1) is 19.8 Å². The molecule has 0 N–H and O–H groups in total. The summed E-state index contributed by atoms with van der Waals surface area (Å²) in [6, 6.07) is 28.4. The molecule has 0 radical (unpaired) electrons. The molecule has 3 aliphatic carbocycles. The first-order valence-electron chi connectivity index (χ1n) is 22.2. The fourth-order valence-electron chi connectivity index (χ4n) is 9.07. The van der Waals surface area contributed by atoms with Crippen LogP contribution < -0.4 is 14.2 Å². The molecule has 3 atom stereocenters. The van der Waals surface area contributed by atoms with Crippen LogP contribution in [0.25, 0.3) is 16.7 Å². The Morgan fingerprint density at radius 3 is 0.857 bits per heavy atom. The minimum absolute atomic E-state index is 0.389. The predicted octanol–water partition coefficient (Wildman–Crippen LogP) is 12.0. The normalized spacial score (nSPS) is 24.7. The molecule has 6 aliphatic rings. The SMILES string of the molecule is C=C(c1ccc(Oc2cc(Oc3ccc(C(=C)C4COC5(CCCC5)OO4)cc3)cc(Oc3ccc(C(=C)C4COC5(CCCC5)OO4)cc3)c2)cc1)C1COC2(CCCC2)OO1. The summed E-state index contributed by atoms with van der Waals surface area (Å²) >= 11 is 0. The van der Waals surface area contributed by atoms with Crippen LogP contribution in [0.1, 0.15) is 93.7 Å². The monoisotopic (exact) mass is 858 g/mol. The van der Waals surface area contributed by atoms with Crippen LogP contribution in [0.3, 0.4) is 0 Å². The van der Waals surface area contributed by atoms with Gasteiger partial charge in [0.15, 0.2) is 0 Å². The van der Waals surface area contributed by atoms with Crippen LogP contribution in [-0.4, -0.2) is 55.5 Å². The Bertz CT molecular complexity index is 1970. The molecular weight excluding hydrogens is 805 g/mol. The summed E-state index contributed by atoms with van der Waals surface area (Å²) in [6.45, 7) is 14.0. The number of rotatable bonds is 12. The third-order valence-electron chi connectivity index (χ3n) is 12.9. The van der Waals surface area contributed by atoms with E-state index in [2.05, 4.69) is 19.7 Å². The number of benzene rings is 4. The molecule has 12 heteroatoms. The van der Waals surface area contributed by atoms with Crippen LogP contribution in [0.4, 0.5) is 0 Å². The van der Waals surface area contributed by atoms with E-state index in [0.29, 0.717) is 54.3 Å². The lowest BCUT2D eigenvalue weighted by Gasteiger charge is -2.36. The molecule has 0 bridgehead atoms. The molecule has 330 valence electrons. The van der Waals surface area contributed by atoms with Gasteiger partial charge in [-0.1, -0.05) is 56.1 Å². The van der Waals surface area contributed by atoms with Gasteiger partial charge in [-0.25, -0.2) is 29.3 Å². The maximum Gasteiger partial charge on any atom is 0.201 e. The molecule has 3 unspecified atom stereocenters. The molecule has 4 aromatic carbocycles. The fourth-order valence-corrected chi connectivity index (χ4v) is 9.07. The second-order valence-electron chi connectivity index (χ2n) is 17.4. The highest BCUT2D eigenvalue weighted by molar-refractivity contribution is 5.69. The van der Waals surface area contributed by atoms with E-state index in [9.17, 15) is 0 Å². The summed E-state index contributed by atoms with van der Waals surface area (Å²) in [5.74, 6) is 1.49. The van der Waals surface area contributed by atoms with Crippen LogP contribution >= 0.6 is 0 Å². The van der Waals surface area contributed by atoms with E-state index in [0.717, 1.165) is 110 Å². The van der Waals surface area contributed by atoms with Gasteiger partial charge in [-0.05, 0) is 108 Å². The number of hydrogen-bond acceptors (Lipinski definition) is 12. The van der Waals surface area contributed by atoms with Crippen molar-refractivity contribution in [2.45, 2.75) is 113 Å². The summed E-state index contributed by atoms with van der Waals surface area (Å²) in [6.07, 6.45) is 10.2. The molecule has 12 nitrogen and oxygen atoms in total. The number of ether oxygens (including phenoxy) is 6. The molecule has 0 aromatic heterocycles. The first-order valence-corrected chi connectivity index (χ1v) is 22.2. The summed E-state index contributed by atoms with van der Waals surface area (Å²) in [7, 11) is 0. The number of hydrogen-bond donors (Lipinski definition) is 0. The van der Waals surface area contributed by atoms with Crippen molar-refractivity contribution in [3.05, 3.63) is 127 Å². The Kier molecular flexibility index (Phi) is 12.0. The Hall–Kier alpha value is -4.86. The quantitative estimate of drug-likeness (QED) is 0.126. The van der Waals surface area contributed by atoms with Crippen LogP contribution in [0.2, 0.25) is 0 Å². The Morgan fingerprint density at radius 1 is 0.381 bits per heavy atom. The highest BCUT2D eigenvalue weighted by Crippen LogP contribution is 2.43. The molecular formula is C51H54O12. The summed E-state index contributed by atoms with van der Waals surface area (Å²) in [5, 5.41) is 0. The van der Waals surface area contributed by atoms with Crippen molar-refractivity contribution < 1.29 is 57.7 Å². The third-order valence-corrected chi connectivity index (χ3v) is 12.9. The summed E-state index contributed by atoms with van der Waals surface area (Å²) in [4.78, 5) is 34.6. The van der Waals surface area contributed by atoms with Gasteiger partial charge in [0.25, 0.3) is 0 Å². The predicted molar refractivity (Wildman–Crippen MR) is 232 cm³/mol. The van der Waals surface area contributed by atoms with Crippen molar-refractivity contribution in [2.75, 3.05) is 19.8 Å². The third kappa shape index (κ3) is 9.37. The van der Waals surface area contributed by atoms with E-state index >= 15 is 0 Å². The maximum atomic E-state index is 6.41. The van der Waals surface area contributed by atoms with E-state index in [1.54, 1.807) is 0 Å². The molecule has 3 spiro atoms. The van der Waals surface area contributed by atoms with E-state index in [1.807, 2.05) is 91.0 Å². The van der Waals surface area contributed by atoms with Crippen LogP contribution in [-0.2, 0) is 43.5 Å². The Balaban J connectivity index is 0.824. The van der Waals surface area contributed by atoms with Crippen molar-refractivity contribution in [1.82, 2.24) is 0 Å². The first kappa shape index (κ1) is 42.1. The Morgan fingerprint density at radius 2 is 0.635 bits per heavy atom. The minimum Gasteiger partial charge on any atom is -0.457 e. The van der Waals surface area contributed by atoms with Gasteiger partial charge in [-0.15, -0.1) is 0 Å². The van der Waals surface area contributed by atoms with E-state index in [4.69, 9.17) is 57.7 Å². The van der Waals surface area contributed by atoms with Gasteiger partial charge in [0.2, 0.25) is 17.4 Å². The molecule has 3 saturated heterocycles. The largest absolute Gasteiger partial charge is 0.457 e. The van der Waals surface area contributed by atoms with Crippen molar-refractivity contribution >= 4 is 16.7 Å². The van der Waals surface area contributed by atoms with E-state index in [-0.39, 0.29) is 0 Å². The minimum atomic E-state index is -0.616. The van der Waals surface area contributed by atoms with Crippen molar-refractivity contribution in [2.24, 2.45) is 0 Å². The van der Waals surface area contributed by atoms with Crippen LogP contribution in [0, 0.1) is 0 Å². The second-order valence-corrected chi connectivity index (χ2v) is 17.4. The molecule has 6 fully saturated rings. The molecule has 63 heavy (non-hydrogen) atoms. The smallest absolute Gasteiger partial charge is 0.201 e. The van der Waals surface area contributed by atoms with Crippen LogP contribution in [0.5, 0.6) is 34.5 Å². The lowest BCUT2D eigenvalue weighted by Crippen LogP contribution is -2.43. The lowest BCUT2D eigenvalue weighted by molar-refractivity contribution is -0.475. The first-order chi connectivity index (χ1) is 30.7. The molecule has 4 aromatic rings. The lowest BCUT2D eigenvalue weighted by atomic mass is 10.0. The molecule has 10 rings (SSSR count). The molecule has 3 aliphatic heterocycles. The average molecular weight is 859 g/mol. The second kappa shape index (κ2) is 18.0. The van der Waals surface area contributed by atoms with E-state index in [1.165, 1.54) is 0 Å². The molecule has 0 amide bonds. The van der Waals surface area contributed by atoms with Gasteiger partial charge in [0, 0.05) is 56.7 Å². The average Bonchev–Trinajstić information content (AvgIpc) is 4.10. The zero-order valence-electron chi connectivity index (χ0n) is 35.5. The van der Waals surface area contributed by atoms with Gasteiger partial charge >= 0.3 is 0 Å². The summed E-state index contributed by atoms with van der Waals surface area (Å²) < 4.78 is 37.6. The molecule has 3 saturated carbocycles. The van der Waals surface area contributed by atoms with Crippen molar-refractivity contribution in [3.63, 3.8) is 0 Å². The van der Waals surface area contributed by atoms with E-state index < -0.39 is 35.7 Å². The zero-order chi connectivity index (χ0) is 42.9. The summed E-state index contributed by atoms with van der Waals surface area (Å²) in [5.41, 5.74) is 4.96. The fraction of sp³-hybridized carbons (Fsp3) is 0.412. The van der Waals surface area contributed by atoms with Gasteiger partial charge in [0.1, 0.15) is 52.8 Å². The van der Waals surface area contributed by atoms with Gasteiger partial charge in [-0.3, -0.25) is 0 Å². The highest BCUT2D eigenvalue weighted by Gasteiger charge is 2.45. The highest BCUT2D eigenvalue weighted by atomic mass is 17.3. The zero-order valence-corrected chi connectivity index (χ0v) is 35.5. The standard InChI is InChI=1S/C51H54O12/c1-34(46-31-52-49(61-58-46)22-4-5-23-49)37-10-16-40(17-11-37)55-43-28-44(56-41-18-12-38(13-19-41)35(2)47-32-53-50(62-59-47)24-6-7-25-50)30-45(29-43)57-42-20-14-39(15-21-42)36(3)48-33-54-51(63-60-48)26-8-9-27-51/h10-21,28-30,46-48H,1-9,22-27,31-33H2. The molecule has 3 heterocycles. The topological polar surface area (TPSA) is 111 Å². The van der Waals surface area contributed by atoms with Crippen molar-refractivity contribution in [1.29, 1.82) is 0 Å².